The van der Waals surface area contributed by atoms with Crippen LogP contribution in [0, 0.1) is 20.8 Å². The van der Waals surface area contributed by atoms with Crippen LogP contribution in [0.25, 0.3) is 11.1 Å². The van der Waals surface area contributed by atoms with E-state index in [0.29, 0.717) is 0 Å². The van der Waals surface area contributed by atoms with Crippen LogP contribution < -0.4 is 0 Å². The lowest BCUT2D eigenvalue weighted by molar-refractivity contribution is 0.599. The minimum Gasteiger partial charge on any atom is -0.443 e. The molecule has 0 radical (unpaired) electrons. The molecule has 3 nitrogen and oxygen atoms in total. The lowest BCUT2D eigenvalue weighted by atomic mass is 10.2. The zero-order valence-corrected chi connectivity index (χ0v) is 7.38. The Morgan fingerprint density at radius 3 is 2.67 bits per heavy atom. The van der Waals surface area contributed by atoms with Gasteiger partial charge in [-0.25, -0.2) is 4.98 Å². The first-order valence-corrected chi connectivity index (χ1v) is 3.87. The zero-order valence-electron chi connectivity index (χ0n) is 7.38. The minimum atomic E-state index is 0.861. The molecule has 0 unspecified atom stereocenters. The maximum atomic E-state index is 5.26. The van der Waals surface area contributed by atoms with E-state index >= 15 is 0 Å². The molecule has 2 heterocycles. The largest absolute Gasteiger partial charge is 0.443 e. The molecule has 62 valence electrons. The molecule has 0 spiro atoms. The predicted molar refractivity (Wildman–Crippen MR) is 46.0 cm³/mol. The number of fused-ring (bicyclic) bond motifs is 1. The minimum absolute atomic E-state index is 0.861. The fraction of sp³-hybridized carbons (Fsp3) is 0.333. The molecule has 0 atom stereocenters. The van der Waals surface area contributed by atoms with E-state index in [1.165, 1.54) is 6.39 Å². The van der Waals surface area contributed by atoms with E-state index in [1.54, 1.807) is 0 Å². The summed E-state index contributed by atoms with van der Waals surface area (Å²) in [4.78, 5) is 8.44. The van der Waals surface area contributed by atoms with Gasteiger partial charge in [0.2, 0.25) is 0 Å². The van der Waals surface area contributed by atoms with Gasteiger partial charge in [-0.2, -0.15) is 0 Å². The number of hydrogen-bond donors (Lipinski definition) is 0. The Bertz CT molecular complexity index is 431. The van der Waals surface area contributed by atoms with Gasteiger partial charge in [-0.15, -0.1) is 0 Å². The molecule has 0 saturated carbocycles. The smallest absolute Gasteiger partial charge is 0.182 e. The van der Waals surface area contributed by atoms with Gasteiger partial charge >= 0.3 is 0 Å². The molecule has 0 amide bonds. The maximum Gasteiger partial charge on any atom is 0.182 e. The number of aryl methyl sites for hydroxylation is 3. The number of aromatic nitrogens is 2. The summed E-state index contributed by atoms with van der Waals surface area (Å²) in [6.45, 7) is 5.91. The molecule has 0 aliphatic rings. The third-order valence-electron chi connectivity index (χ3n) is 2.13. The first kappa shape index (κ1) is 7.28. The number of nitrogens with zero attached hydrogens (tertiary/aromatic N) is 2. The number of pyridine rings is 1. The van der Waals surface area contributed by atoms with Gasteiger partial charge in [0.15, 0.2) is 12.0 Å². The molecule has 0 N–H and O–H groups in total. The molecule has 0 saturated heterocycles. The average Bonchev–Trinajstić information content (AvgIpc) is 2.48. The van der Waals surface area contributed by atoms with Gasteiger partial charge in [0.05, 0.1) is 5.69 Å². The second-order valence-electron chi connectivity index (χ2n) is 2.94. The fourth-order valence-corrected chi connectivity index (χ4v) is 1.32. The second kappa shape index (κ2) is 2.30. The standard InChI is InChI=1S/C9H10N2O/c1-5-6(2)11-7(3)8-9(5)12-4-10-8/h4H,1-3H3. The van der Waals surface area contributed by atoms with E-state index in [-0.39, 0.29) is 0 Å². The lowest BCUT2D eigenvalue weighted by Gasteiger charge is -2.00. The Balaban J connectivity index is 2.97. The van der Waals surface area contributed by atoms with Gasteiger partial charge in [-0.3, -0.25) is 4.98 Å². The Kier molecular flexibility index (Phi) is 1.40. The van der Waals surface area contributed by atoms with Crippen molar-refractivity contribution >= 4 is 11.1 Å². The molecular formula is C9H10N2O. The van der Waals surface area contributed by atoms with E-state index in [2.05, 4.69) is 9.97 Å². The van der Waals surface area contributed by atoms with Crippen LogP contribution in [0.3, 0.4) is 0 Å². The van der Waals surface area contributed by atoms with Gasteiger partial charge < -0.3 is 4.42 Å². The van der Waals surface area contributed by atoms with Crippen LogP contribution in [0.5, 0.6) is 0 Å². The summed E-state index contributed by atoms with van der Waals surface area (Å²) < 4.78 is 5.26. The molecule has 3 heteroatoms. The van der Waals surface area contributed by atoms with Crippen LogP contribution in [0.1, 0.15) is 17.0 Å². The molecule has 0 aliphatic carbocycles. The number of oxazole rings is 1. The number of hydrogen-bond acceptors (Lipinski definition) is 3. The van der Waals surface area contributed by atoms with Gasteiger partial charge in [0.25, 0.3) is 0 Å². The van der Waals surface area contributed by atoms with Gasteiger partial charge in [-0.05, 0) is 20.8 Å². The molecule has 0 aromatic carbocycles. The van der Waals surface area contributed by atoms with Crippen LogP contribution in [0.4, 0.5) is 0 Å². The molecule has 2 aromatic rings. The van der Waals surface area contributed by atoms with Crippen molar-refractivity contribution in [3.05, 3.63) is 23.3 Å². The van der Waals surface area contributed by atoms with E-state index in [0.717, 1.165) is 28.1 Å². The van der Waals surface area contributed by atoms with Crippen molar-refractivity contribution in [1.82, 2.24) is 9.97 Å². The van der Waals surface area contributed by atoms with E-state index < -0.39 is 0 Å². The van der Waals surface area contributed by atoms with Crippen LogP contribution in [0.15, 0.2) is 10.8 Å². The summed E-state index contributed by atoms with van der Waals surface area (Å²) in [5.41, 5.74) is 4.75. The maximum absolute atomic E-state index is 5.26. The van der Waals surface area contributed by atoms with Gasteiger partial charge in [0, 0.05) is 11.3 Å². The average molecular weight is 162 g/mol. The Labute approximate surface area is 70.4 Å². The third kappa shape index (κ3) is 0.826. The normalized spacial score (nSPS) is 10.9. The first-order chi connectivity index (χ1) is 5.70. The topological polar surface area (TPSA) is 38.9 Å². The van der Waals surface area contributed by atoms with Gasteiger partial charge in [-0.1, -0.05) is 0 Å². The molecule has 0 fully saturated rings. The van der Waals surface area contributed by atoms with Crippen LogP contribution in [0.2, 0.25) is 0 Å². The van der Waals surface area contributed by atoms with Crippen molar-refractivity contribution in [2.75, 3.05) is 0 Å². The van der Waals surface area contributed by atoms with Crippen LogP contribution >= 0.6 is 0 Å². The zero-order chi connectivity index (χ0) is 8.72. The third-order valence-corrected chi connectivity index (χ3v) is 2.13. The molecule has 0 aliphatic heterocycles. The van der Waals surface area contributed by atoms with Crippen molar-refractivity contribution < 1.29 is 4.42 Å². The highest BCUT2D eigenvalue weighted by Gasteiger charge is 2.08. The highest BCUT2D eigenvalue weighted by atomic mass is 16.3. The summed E-state index contributed by atoms with van der Waals surface area (Å²) in [5.74, 6) is 0. The van der Waals surface area contributed by atoms with E-state index in [1.807, 2.05) is 20.8 Å². The summed E-state index contributed by atoms with van der Waals surface area (Å²) in [7, 11) is 0. The quantitative estimate of drug-likeness (QED) is 0.595. The summed E-state index contributed by atoms with van der Waals surface area (Å²) >= 11 is 0. The molecule has 12 heavy (non-hydrogen) atoms. The molecule has 2 aromatic heterocycles. The first-order valence-electron chi connectivity index (χ1n) is 3.87. The van der Waals surface area contributed by atoms with Crippen LogP contribution in [-0.2, 0) is 0 Å². The Morgan fingerprint density at radius 1 is 1.17 bits per heavy atom. The van der Waals surface area contributed by atoms with E-state index in [4.69, 9.17) is 4.42 Å². The van der Waals surface area contributed by atoms with Crippen molar-refractivity contribution in [2.24, 2.45) is 0 Å². The highest BCUT2D eigenvalue weighted by Crippen LogP contribution is 2.20. The summed E-state index contributed by atoms with van der Waals surface area (Å²) in [5, 5.41) is 0. The number of rotatable bonds is 0. The van der Waals surface area contributed by atoms with Crippen LogP contribution in [-0.4, -0.2) is 9.97 Å². The SMILES string of the molecule is Cc1nc(C)c2ncoc2c1C. The van der Waals surface area contributed by atoms with Crippen molar-refractivity contribution in [1.29, 1.82) is 0 Å². The lowest BCUT2D eigenvalue weighted by Crippen LogP contribution is -1.91. The fourth-order valence-electron chi connectivity index (χ4n) is 1.32. The van der Waals surface area contributed by atoms with Gasteiger partial charge in [0.1, 0.15) is 5.52 Å². The van der Waals surface area contributed by atoms with E-state index in [9.17, 15) is 0 Å². The van der Waals surface area contributed by atoms with Crippen molar-refractivity contribution in [3.8, 4) is 0 Å². The predicted octanol–water partition coefficient (Wildman–Crippen LogP) is 2.15. The summed E-state index contributed by atoms with van der Waals surface area (Å²) in [6.07, 6.45) is 1.46. The Morgan fingerprint density at radius 2 is 1.92 bits per heavy atom. The second-order valence-corrected chi connectivity index (χ2v) is 2.94. The summed E-state index contributed by atoms with van der Waals surface area (Å²) in [6, 6.07) is 0. The highest BCUT2D eigenvalue weighted by molar-refractivity contribution is 5.78. The monoisotopic (exact) mass is 162 g/mol. The van der Waals surface area contributed by atoms with Crippen molar-refractivity contribution in [2.45, 2.75) is 20.8 Å². The molecule has 2 rings (SSSR count). The molecule has 0 bridgehead atoms. The molecular weight excluding hydrogens is 152 g/mol. The Hall–Kier alpha value is -1.38. The van der Waals surface area contributed by atoms with Crippen molar-refractivity contribution in [3.63, 3.8) is 0 Å².